The third-order valence-electron chi connectivity index (χ3n) is 1.07. The quantitative estimate of drug-likeness (QED) is 0.598. The summed E-state index contributed by atoms with van der Waals surface area (Å²) in [7, 11) is 4.80. The zero-order valence-electron chi connectivity index (χ0n) is 5.78. The van der Waals surface area contributed by atoms with Crippen LogP contribution in [0.25, 0.3) is 0 Å². The first-order chi connectivity index (χ1) is 5.33. The van der Waals surface area contributed by atoms with Crippen LogP contribution in [0.5, 0.6) is 5.75 Å². The Bertz CT molecular complexity index is 237. The fraction of sp³-hybridized carbons (Fsp3) is 0. The third-order valence-corrected chi connectivity index (χ3v) is 1.07. The van der Waals surface area contributed by atoms with Crippen molar-refractivity contribution in [2.45, 2.75) is 0 Å². The maximum Gasteiger partial charge on any atom is 0.399 e. The van der Waals surface area contributed by atoms with Gasteiger partial charge in [0, 0.05) is 0 Å². The van der Waals surface area contributed by atoms with Crippen LogP contribution in [0.2, 0.25) is 0 Å². The second-order valence-corrected chi connectivity index (χ2v) is 1.85. The Hall–Kier alpha value is -1.45. The van der Waals surface area contributed by atoms with E-state index in [2.05, 4.69) is 4.74 Å². The van der Waals surface area contributed by atoms with Gasteiger partial charge in [-0.1, -0.05) is 18.2 Å². The highest BCUT2D eigenvalue weighted by atomic mass is 16.5. The monoisotopic (exact) mass is 147 g/mol. The minimum absolute atomic E-state index is 0.468. The van der Waals surface area contributed by atoms with Crippen LogP contribution in [0.1, 0.15) is 0 Å². The normalized spacial score (nSPS) is 8.73. The van der Waals surface area contributed by atoms with Gasteiger partial charge in [0.1, 0.15) is 5.75 Å². The molecule has 11 heavy (non-hydrogen) atoms. The third kappa shape index (κ3) is 2.33. The van der Waals surface area contributed by atoms with Gasteiger partial charge >= 0.3 is 6.09 Å². The van der Waals surface area contributed by atoms with Gasteiger partial charge in [0.15, 0.2) is 0 Å². The number of amides is 1. The maximum atomic E-state index is 10.5. The van der Waals surface area contributed by atoms with Crippen LogP contribution in [-0.2, 0) is 0 Å². The summed E-state index contributed by atoms with van der Waals surface area (Å²) in [5.74, 6) is 0.468. The molecule has 0 aliphatic heterocycles. The molecule has 54 valence electrons. The van der Waals surface area contributed by atoms with Crippen LogP contribution in [0.15, 0.2) is 30.3 Å². The second kappa shape index (κ2) is 3.66. The Balaban J connectivity index is 2.58. The van der Waals surface area contributed by atoms with Crippen molar-refractivity contribution in [3.05, 3.63) is 30.3 Å². The van der Waals surface area contributed by atoms with Crippen LogP contribution in [0, 0.1) is 0 Å². The van der Waals surface area contributed by atoms with Crippen molar-refractivity contribution < 1.29 is 9.53 Å². The molecule has 0 unspecified atom stereocenters. The summed E-state index contributed by atoms with van der Waals surface area (Å²) in [6, 6.07) is 8.68. The van der Waals surface area contributed by atoms with E-state index < -0.39 is 6.09 Å². The zero-order chi connectivity index (χ0) is 8.10. The van der Waals surface area contributed by atoms with E-state index in [1.807, 2.05) is 11.3 Å². The summed E-state index contributed by atoms with van der Waals surface area (Å²) < 4.78 is 4.69. The largest absolute Gasteiger partial charge is 0.411 e. The molecular formula is C7H6BNO2. The summed E-state index contributed by atoms with van der Waals surface area (Å²) in [4.78, 5) is 10.5. The van der Waals surface area contributed by atoms with Crippen molar-refractivity contribution in [3.8, 4) is 5.75 Å². The molecule has 0 heterocycles. The molecule has 0 aliphatic carbocycles. The average molecular weight is 147 g/mol. The molecule has 0 saturated heterocycles. The van der Waals surface area contributed by atoms with E-state index in [4.69, 9.17) is 7.98 Å². The second-order valence-electron chi connectivity index (χ2n) is 1.85. The number of nitrogens with one attached hydrogen (secondary N) is 1. The van der Waals surface area contributed by atoms with Gasteiger partial charge in [-0.05, 0) is 12.1 Å². The van der Waals surface area contributed by atoms with Crippen molar-refractivity contribution in [2.24, 2.45) is 0 Å². The molecular weight excluding hydrogens is 141 g/mol. The van der Waals surface area contributed by atoms with Gasteiger partial charge in [-0.2, -0.15) is 0 Å². The van der Waals surface area contributed by atoms with Gasteiger partial charge in [-0.25, -0.2) is 4.79 Å². The van der Waals surface area contributed by atoms with Crippen LogP contribution < -0.4 is 9.96 Å². The lowest BCUT2D eigenvalue weighted by atomic mass is 10.3. The van der Waals surface area contributed by atoms with E-state index in [0.717, 1.165) is 0 Å². The molecule has 0 spiro atoms. The van der Waals surface area contributed by atoms with Crippen LogP contribution in [0.4, 0.5) is 4.79 Å². The molecule has 2 radical (unpaired) electrons. The fourth-order valence-corrected chi connectivity index (χ4v) is 0.625. The topological polar surface area (TPSA) is 38.3 Å². The first-order valence-electron chi connectivity index (χ1n) is 3.06. The van der Waals surface area contributed by atoms with Crippen molar-refractivity contribution >= 4 is 14.1 Å². The predicted octanol–water partition coefficient (Wildman–Crippen LogP) is 0.859. The number of para-hydroxylation sites is 1. The fourth-order valence-electron chi connectivity index (χ4n) is 0.625. The zero-order valence-corrected chi connectivity index (χ0v) is 5.78. The Morgan fingerprint density at radius 2 is 2.00 bits per heavy atom. The Labute approximate surface area is 65.8 Å². The molecule has 4 heteroatoms. The van der Waals surface area contributed by atoms with E-state index in [0.29, 0.717) is 5.75 Å². The van der Waals surface area contributed by atoms with E-state index in [9.17, 15) is 4.79 Å². The molecule has 0 aromatic heterocycles. The highest BCUT2D eigenvalue weighted by Gasteiger charge is 1.97. The highest BCUT2D eigenvalue weighted by molar-refractivity contribution is 6.13. The molecule has 0 atom stereocenters. The van der Waals surface area contributed by atoms with Gasteiger partial charge in [0.2, 0.25) is 7.98 Å². The van der Waals surface area contributed by atoms with Crippen LogP contribution in [-0.4, -0.2) is 14.1 Å². The lowest BCUT2D eigenvalue weighted by Crippen LogP contribution is -2.23. The number of carbonyl (C=O) groups excluding carboxylic acids is 1. The van der Waals surface area contributed by atoms with Crippen LogP contribution in [0.3, 0.4) is 0 Å². The summed E-state index contributed by atoms with van der Waals surface area (Å²) >= 11 is 0. The molecule has 1 rings (SSSR count). The number of hydrogen-bond donors (Lipinski definition) is 1. The van der Waals surface area contributed by atoms with Crippen LogP contribution >= 0.6 is 0 Å². The smallest absolute Gasteiger partial charge is 0.399 e. The highest BCUT2D eigenvalue weighted by Crippen LogP contribution is 2.07. The van der Waals surface area contributed by atoms with Crippen molar-refractivity contribution in [2.75, 3.05) is 0 Å². The number of benzene rings is 1. The average Bonchev–Trinajstić information content (AvgIpc) is 2.06. The van der Waals surface area contributed by atoms with Crippen molar-refractivity contribution in [1.29, 1.82) is 0 Å². The Morgan fingerprint density at radius 1 is 1.36 bits per heavy atom. The van der Waals surface area contributed by atoms with E-state index in [-0.39, 0.29) is 0 Å². The van der Waals surface area contributed by atoms with Gasteiger partial charge in [0.05, 0.1) is 0 Å². The van der Waals surface area contributed by atoms with Gasteiger partial charge in [0.25, 0.3) is 0 Å². The summed E-state index contributed by atoms with van der Waals surface area (Å²) in [5, 5.41) is 1.85. The van der Waals surface area contributed by atoms with Crippen molar-refractivity contribution in [1.82, 2.24) is 5.23 Å². The Morgan fingerprint density at radius 3 is 2.55 bits per heavy atom. The lowest BCUT2D eigenvalue weighted by molar-refractivity contribution is 0.207. The first kappa shape index (κ1) is 7.66. The summed E-state index contributed by atoms with van der Waals surface area (Å²) in [5.41, 5.74) is 0. The minimum atomic E-state index is -0.670. The van der Waals surface area contributed by atoms with Crippen molar-refractivity contribution in [3.63, 3.8) is 0 Å². The molecule has 1 amide bonds. The molecule has 3 nitrogen and oxygen atoms in total. The van der Waals surface area contributed by atoms with Gasteiger partial charge in [-0.3, -0.25) is 0 Å². The Kier molecular flexibility index (Phi) is 2.55. The first-order valence-corrected chi connectivity index (χ1v) is 3.06. The number of hydrogen-bond acceptors (Lipinski definition) is 2. The van der Waals surface area contributed by atoms with E-state index in [1.165, 1.54) is 0 Å². The summed E-state index contributed by atoms with van der Waals surface area (Å²) in [6.07, 6.45) is -0.670. The number of ether oxygens (including phenoxy) is 1. The SMILES string of the molecule is [B]NC(=O)Oc1ccccc1. The molecule has 0 saturated carbocycles. The standard InChI is InChI=1S/C7H6BNO2/c8-9-7(10)11-6-4-2-1-3-5-6/h1-5H,(H,9,10). The molecule has 1 aromatic rings. The number of rotatable bonds is 1. The molecule has 0 aliphatic rings. The predicted molar refractivity (Wildman–Crippen MR) is 41.4 cm³/mol. The number of carbonyl (C=O) groups is 1. The van der Waals surface area contributed by atoms with E-state index in [1.54, 1.807) is 24.3 Å². The van der Waals surface area contributed by atoms with E-state index >= 15 is 0 Å². The lowest BCUT2D eigenvalue weighted by Gasteiger charge is -2.01. The van der Waals surface area contributed by atoms with Gasteiger partial charge in [-0.15, -0.1) is 0 Å². The summed E-state index contributed by atoms with van der Waals surface area (Å²) in [6.45, 7) is 0. The molecule has 1 N–H and O–H groups in total. The molecule has 0 fully saturated rings. The van der Waals surface area contributed by atoms with Gasteiger partial charge < -0.3 is 9.96 Å². The molecule has 0 bridgehead atoms. The minimum Gasteiger partial charge on any atom is -0.411 e. The molecule has 1 aromatic carbocycles. The maximum absolute atomic E-state index is 10.5.